The van der Waals surface area contributed by atoms with Crippen LogP contribution >= 0.6 is 0 Å². The third kappa shape index (κ3) is 3.40. The molecule has 0 aliphatic heterocycles. The van der Waals surface area contributed by atoms with Gasteiger partial charge in [0.25, 0.3) is 10.2 Å². The molecule has 2 rings (SSSR count). The van der Waals surface area contributed by atoms with E-state index in [-0.39, 0.29) is 6.54 Å². The van der Waals surface area contributed by atoms with Gasteiger partial charge in [0.2, 0.25) is 0 Å². The van der Waals surface area contributed by atoms with Crippen molar-refractivity contribution in [1.29, 1.82) is 0 Å². The molecule has 0 bridgehead atoms. The van der Waals surface area contributed by atoms with Crippen molar-refractivity contribution in [3.05, 3.63) is 42.3 Å². The molecule has 2 aromatic rings. The molecule has 19 heavy (non-hydrogen) atoms. The second kappa shape index (κ2) is 5.52. The Morgan fingerprint density at radius 2 is 2.11 bits per heavy atom. The molecule has 0 aliphatic rings. The second-order valence-electron chi connectivity index (χ2n) is 4.14. The first kappa shape index (κ1) is 13.7. The minimum Gasteiger partial charge on any atom is -0.463 e. The van der Waals surface area contributed by atoms with Gasteiger partial charge in [-0.25, -0.2) is 0 Å². The first-order chi connectivity index (χ1) is 8.99. The molecule has 0 spiro atoms. The zero-order valence-corrected chi connectivity index (χ0v) is 11.5. The van der Waals surface area contributed by atoms with Crippen LogP contribution in [0, 0.1) is 0 Å². The SMILES string of the molecule is CN(C)S(=O)(=O)NCc1ccc(-c2ccco2)nc1. The fraction of sp³-hybridized carbons (Fsp3) is 0.250. The Morgan fingerprint density at radius 1 is 1.32 bits per heavy atom. The topological polar surface area (TPSA) is 75.4 Å². The normalized spacial score (nSPS) is 11.9. The van der Waals surface area contributed by atoms with Crippen molar-refractivity contribution in [3.63, 3.8) is 0 Å². The lowest BCUT2D eigenvalue weighted by atomic mass is 10.2. The minimum atomic E-state index is -3.41. The summed E-state index contributed by atoms with van der Waals surface area (Å²) in [6.45, 7) is 0.200. The van der Waals surface area contributed by atoms with Crippen LogP contribution in [0.5, 0.6) is 0 Å². The molecule has 7 heteroatoms. The number of hydrogen-bond acceptors (Lipinski definition) is 4. The highest BCUT2D eigenvalue weighted by atomic mass is 32.2. The van der Waals surface area contributed by atoms with Gasteiger partial charge in [-0.3, -0.25) is 4.98 Å². The first-order valence-corrected chi connectivity index (χ1v) is 7.09. The number of hydrogen-bond donors (Lipinski definition) is 1. The highest BCUT2D eigenvalue weighted by Gasteiger charge is 2.12. The molecular formula is C12H15N3O3S. The maximum absolute atomic E-state index is 11.5. The average molecular weight is 281 g/mol. The maximum Gasteiger partial charge on any atom is 0.279 e. The maximum atomic E-state index is 11.5. The first-order valence-electron chi connectivity index (χ1n) is 5.65. The predicted octanol–water partition coefficient (Wildman–Crippen LogP) is 1.24. The number of nitrogens with zero attached hydrogens (tertiary/aromatic N) is 2. The van der Waals surface area contributed by atoms with Gasteiger partial charge in [0.15, 0.2) is 5.76 Å². The summed E-state index contributed by atoms with van der Waals surface area (Å²) < 4.78 is 31.9. The van der Waals surface area contributed by atoms with E-state index in [0.29, 0.717) is 11.5 Å². The van der Waals surface area contributed by atoms with Crippen LogP contribution in [0.1, 0.15) is 5.56 Å². The van der Waals surface area contributed by atoms with E-state index in [0.717, 1.165) is 9.87 Å². The monoisotopic (exact) mass is 281 g/mol. The Bertz CT molecular complexity index is 619. The third-order valence-electron chi connectivity index (χ3n) is 2.54. The van der Waals surface area contributed by atoms with Crippen LogP contribution < -0.4 is 4.72 Å². The standard InChI is InChI=1S/C12H15N3O3S/c1-15(2)19(16,17)14-9-10-5-6-11(13-8-10)12-4-3-7-18-12/h3-8,14H,9H2,1-2H3. The fourth-order valence-corrected chi connectivity index (χ4v) is 2.01. The molecule has 0 aromatic carbocycles. The summed E-state index contributed by atoms with van der Waals surface area (Å²) in [5.41, 5.74) is 1.49. The molecule has 0 aliphatic carbocycles. The van der Waals surface area contributed by atoms with Crippen LogP contribution in [0.25, 0.3) is 11.5 Å². The lowest BCUT2D eigenvalue weighted by Crippen LogP contribution is -2.35. The van der Waals surface area contributed by atoms with Gasteiger partial charge in [-0.15, -0.1) is 0 Å². The molecule has 1 N–H and O–H groups in total. The van der Waals surface area contributed by atoms with Crippen LogP contribution in [0.2, 0.25) is 0 Å². The molecule has 0 unspecified atom stereocenters. The molecule has 0 radical (unpaired) electrons. The van der Waals surface area contributed by atoms with E-state index >= 15 is 0 Å². The number of aromatic nitrogens is 1. The van der Waals surface area contributed by atoms with Crippen molar-refractivity contribution in [3.8, 4) is 11.5 Å². The number of pyridine rings is 1. The summed E-state index contributed by atoms with van der Waals surface area (Å²) in [6.07, 6.45) is 3.20. The average Bonchev–Trinajstić information content (AvgIpc) is 2.91. The Balaban J connectivity index is 2.04. The van der Waals surface area contributed by atoms with Gasteiger partial charge >= 0.3 is 0 Å². The summed E-state index contributed by atoms with van der Waals surface area (Å²) >= 11 is 0. The fourth-order valence-electron chi connectivity index (χ4n) is 1.40. The predicted molar refractivity (Wildman–Crippen MR) is 71.4 cm³/mol. The summed E-state index contributed by atoms with van der Waals surface area (Å²) in [5, 5.41) is 0. The van der Waals surface area contributed by atoms with E-state index in [9.17, 15) is 8.42 Å². The molecule has 2 aromatic heterocycles. The van der Waals surface area contributed by atoms with Crippen LogP contribution in [0.15, 0.2) is 41.1 Å². The van der Waals surface area contributed by atoms with Gasteiger partial charge in [0, 0.05) is 26.8 Å². The van der Waals surface area contributed by atoms with Crippen molar-refractivity contribution in [2.75, 3.05) is 14.1 Å². The van der Waals surface area contributed by atoms with Crippen LogP contribution in [-0.4, -0.2) is 31.8 Å². The van der Waals surface area contributed by atoms with Crippen molar-refractivity contribution >= 4 is 10.2 Å². The van der Waals surface area contributed by atoms with Gasteiger partial charge < -0.3 is 4.42 Å². The number of nitrogens with one attached hydrogen (secondary N) is 1. The van der Waals surface area contributed by atoms with E-state index in [1.807, 2.05) is 12.1 Å². The zero-order chi connectivity index (χ0) is 13.9. The van der Waals surface area contributed by atoms with Crippen LogP contribution in [-0.2, 0) is 16.8 Å². The van der Waals surface area contributed by atoms with Crippen molar-refractivity contribution in [2.45, 2.75) is 6.54 Å². The van der Waals surface area contributed by atoms with Gasteiger partial charge in [-0.2, -0.15) is 17.4 Å². The molecule has 0 saturated heterocycles. The molecule has 2 heterocycles. The van der Waals surface area contributed by atoms with Crippen LogP contribution in [0.3, 0.4) is 0 Å². The molecular weight excluding hydrogens is 266 g/mol. The Hall–Kier alpha value is -1.70. The number of furan rings is 1. The summed E-state index contributed by atoms with van der Waals surface area (Å²) in [7, 11) is -0.467. The van der Waals surface area contributed by atoms with E-state index in [2.05, 4.69) is 9.71 Å². The van der Waals surface area contributed by atoms with Gasteiger partial charge in [0.1, 0.15) is 5.69 Å². The lowest BCUT2D eigenvalue weighted by Gasteiger charge is -2.12. The molecule has 0 amide bonds. The third-order valence-corrected chi connectivity index (χ3v) is 4.01. The van der Waals surface area contributed by atoms with E-state index in [4.69, 9.17) is 4.42 Å². The summed E-state index contributed by atoms with van der Waals surface area (Å²) in [5.74, 6) is 0.681. The van der Waals surface area contributed by atoms with E-state index in [1.165, 1.54) is 14.1 Å². The van der Waals surface area contributed by atoms with Crippen molar-refractivity contribution < 1.29 is 12.8 Å². The van der Waals surface area contributed by atoms with Gasteiger partial charge in [-0.05, 0) is 23.8 Å². The highest BCUT2D eigenvalue weighted by molar-refractivity contribution is 7.87. The van der Waals surface area contributed by atoms with Gasteiger partial charge in [-0.1, -0.05) is 6.07 Å². The smallest absolute Gasteiger partial charge is 0.279 e. The van der Waals surface area contributed by atoms with Crippen LogP contribution in [0.4, 0.5) is 0 Å². The zero-order valence-electron chi connectivity index (χ0n) is 10.7. The second-order valence-corrected chi connectivity index (χ2v) is 6.11. The van der Waals surface area contributed by atoms with E-state index in [1.54, 1.807) is 24.6 Å². The Morgan fingerprint density at radius 3 is 2.63 bits per heavy atom. The summed E-state index contributed by atoms with van der Waals surface area (Å²) in [4.78, 5) is 4.22. The molecule has 102 valence electrons. The Labute approximate surface area is 112 Å². The Kier molecular flexibility index (Phi) is 3.98. The lowest BCUT2D eigenvalue weighted by molar-refractivity contribution is 0.505. The molecule has 6 nitrogen and oxygen atoms in total. The summed E-state index contributed by atoms with van der Waals surface area (Å²) in [6, 6.07) is 7.20. The largest absolute Gasteiger partial charge is 0.463 e. The van der Waals surface area contributed by atoms with Gasteiger partial charge in [0.05, 0.1) is 6.26 Å². The van der Waals surface area contributed by atoms with Crippen molar-refractivity contribution in [1.82, 2.24) is 14.0 Å². The quantitative estimate of drug-likeness (QED) is 0.894. The molecule has 0 atom stereocenters. The number of rotatable bonds is 5. The molecule has 0 fully saturated rings. The van der Waals surface area contributed by atoms with E-state index < -0.39 is 10.2 Å². The minimum absolute atomic E-state index is 0.200. The molecule has 0 saturated carbocycles. The highest BCUT2D eigenvalue weighted by Crippen LogP contribution is 2.17. The van der Waals surface area contributed by atoms with Crippen molar-refractivity contribution in [2.24, 2.45) is 0 Å².